The van der Waals surface area contributed by atoms with Crippen LogP contribution in [0.25, 0.3) is 21.8 Å². The molecule has 1 saturated heterocycles. The quantitative estimate of drug-likeness (QED) is 0.364. The van der Waals surface area contributed by atoms with E-state index in [0.29, 0.717) is 11.9 Å². The van der Waals surface area contributed by atoms with E-state index in [4.69, 9.17) is 9.97 Å². The van der Waals surface area contributed by atoms with Gasteiger partial charge in [-0.1, -0.05) is 0 Å². The van der Waals surface area contributed by atoms with E-state index in [1.54, 1.807) is 54.2 Å². The molecule has 1 aliphatic rings. The first-order valence-corrected chi connectivity index (χ1v) is 12.1. The van der Waals surface area contributed by atoms with E-state index in [0.717, 1.165) is 58.3 Å². The number of piperidine rings is 1. The summed E-state index contributed by atoms with van der Waals surface area (Å²) >= 11 is 1.64. The lowest BCUT2D eigenvalue weighted by Crippen LogP contribution is -2.26. The van der Waals surface area contributed by atoms with Crippen LogP contribution < -0.4 is 10.6 Å². The standard InChI is InChI=1S/C25H25FN6OS/c26-19-3-1-17(2-4-19)22-23(34-24(32-22)18-7-12-28-13-8-18)20-9-14-29-25(31-20)30-15-21(33)16-5-10-27-11-6-16/h1-6,9-11,14,18,21,28,33H,7-8,12-13,15H2,(H,29,30,31). The average molecular weight is 477 g/mol. The van der Waals surface area contributed by atoms with Gasteiger partial charge in [-0.2, -0.15) is 0 Å². The molecule has 7 nitrogen and oxygen atoms in total. The van der Waals surface area contributed by atoms with Crippen molar-refractivity contribution in [2.45, 2.75) is 24.9 Å². The molecule has 3 N–H and O–H groups in total. The number of pyridine rings is 1. The predicted molar refractivity (Wildman–Crippen MR) is 131 cm³/mol. The zero-order chi connectivity index (χ0) is 23.3. The van der Waals surface area contributed by atoms with Crippen LogP contribution in [0.15, 0.2) is 61.1 Å². The predicted octanol–water partition coefficient (Wildman–Crippen LogP) is 4.41. The second kappa shape index (κ2) is 10.3. The lowest BCUT2D eigenvalue weighted by Gasteiger charge is -2.20. The summed E-state index contributed by atoms with van der Waals surface area (Å²) in [7, 11) is 0. The number of halogens is 1. The van der Waals surface area contributed by atoms with Crippen LogP contribution in [0.1, 0.15) is 35.4 Å². The van der Waals surface area contributed by atoms with Crippen LogP contribution in [0.3, 0.4) is 0 Å². The topological polar surface area (TPSA) is 95.8 Å². The van der Waals surface area contributed by atoms with Gasteiger partial charge in [-0.05, 0) is 74.0 Å². The number of hydrogen-bond donors (Lipinski definition) is 3. The minimum Gasteiger partial charge on any atom is -0.387 e. The fourth-order valence-corrected chi connectivity index (χ4v) is 5.25. The number of aromatic nitrogens is 4. The number of benzene rings is 1. The number of aliphatic hydroxyl groups is 1. The van der Waals surface area contributed by atoms with Gasteiger partial charge in [0.2, 0.25) is 5.95 Å². The van der Waals surface area contributed by atoms with E-state index in [2.05, 4.69) is 20.6 Å². The van der Waals surface area contributed by atoms with Gasteiger partial charge in [0.25, 0.3) is 0 Å². The zero-order valence-corrected chi connectivity index (χ0v) is 19.3. The highest BCUT2D eigenvalue weighted by Crippen LogP contribution is 2.40. The molecule has 3 aromatic heterocycles. The van der Waals surface area contributed by atoms with Crippen molar-refractivity contribution in [3.05, 3.63) is 77.4 Å². The van der Waals surface area contributed by atoms with Crippen molar-refractivity contribution in [2.75, 3.05) is 25.0 Å². The summed E-state index contributed by atoms with van der Waals surface area (Å²) in [6, 6.07) is 11.8. The Kier molecular flexibility index (Phi) is 6.84. The number of hydrogen-bond acceptors (Lipinski definition) is 8. The number of aliphatic hydroxyl groups excluding tert-OH is 1. The molecule has 34 heavy (non-hydrogen) atoms. The molecular weight excluding hydrogens is 451 g/mol. The molecule has 5 rings (SSSR count). The van der Waals surface area contributed by atoms with Crippen molar-refractivity contribution in [3.63, 3.8) is 0 Å². The van der Waals surface area contributed by atoms with E-state index in [-0.39, 0.29) is 12.4 Å². The van der Waals surface area contributed by atoms with Crippen molar-refractivity contribution in [3.8, 4) is 21.8 Å². The van der Waals surface area contributed by atoms with Gasteiger partial charge in [0.15, 0.2) is 0 Å². The minimum absolute atomic E-state index is 0.265. The molecule has 0 spiro atoms. The van der Waals surface area contributed by atoms with Crippen LogP contribution in [-0.2, 0) is 0 Å². The van der Waals surface area contributed by atoms with Gasteiger partial charge in [0, 0.05) is 36.6 Å². The summed E-state index contributed by atoms with van der Waals surface area (Å²) in [5.41, 5.74) is 3.17. The Morgan fingerprint density at radius 3 is 2.56 bits per heavy atom. The Hall–Kier alpha value is -3.27. The van der Waals surface area contributed by atoms with Gasteiger partial charge >= 0.3 is 0 Å². The second-order valence-electron chi connectivity index (χ2n) is 8.20. The SMILES string of the molecule is OC(CNc1nccc(-c2sc(C3CCNCC3)nc2-c2ccc(F)cc2)n1)c1ccncc1. The molecule has 174 valence electrons. The first-order valence-electron chi connectivity index (χ1n) is 11.3. The zero-order valence-electron chi connectivity index (χ0n) is 18.5. The smallest absolute Gasteiger partial charge is 0.223 e. The molecule has 4 heterocycles. The lowest BCUT2D eigenvalue weighted by molar-refractivity contribution is 0.191. The highest BCUT2D eigenvalue weighted by molar-refractivity contribution is 7.15. The maximum absolute atomic E-state index is 13.6. The molecule has 4 aromatic rings. The van der Waals surface area contributed by atoms with Crippen molar-refractivity contribution in [2.24, 2.45) is 0 Å². The lowest BCUT2D eigenvalue weighted by atomic mass is 9.99. The van der Waals surface area contributed by atoms with Crippen LogP contribution in [-0.4, -0.2) is 44.7 Å². The molecule has 1 unspecified atom stereocenters. The summed E-state index contributed by atoms with van der Waals surface area (Å²) < 4.78 is 13.6. The molecular formula is C25H25FN6OS. The second-order valence-corrected chi connectivity index (χ2v) is 9.23. The van der Waals surface area contributed by atoms with Crippen molar-refractivity contribution >= 4 is 17.3 Å². The summed E-state index contributed by atoms with van der Waals surface area (Å²) in [4.78, 5) is 18.9. The van der Waals surface area contributed by atoms with Gasteiger partial charge in [0.05, 0.1) is 27.4 Å². The molecule has 0 saturated carbocycles. The van der Waals surface area contributed by atoms with E-state index in [9.17, 15) is 9.50 Å². The van der Waals surface area contributed by atoms with Gasteiger partial charge in [-0.3, -0.25) is 4.98 Å². The number of nitrogens with one attached hydrogen (secondary N) is 2. The Morgan fingerprint density at radius 2 is 1.79 bits per heavy atom. The van der Waals surface area contributed by atoms with Crippen LogP contribution in [0.4, 0.5) is 10.3 Å². The van der Waals surface area contributed by atoms with Crippen molar-refractivity contribution in [1.29, 1.82) is 0 Å². The number of thiazole rings is 1. The van der Waals surface area contributed by atoms with Crippen LogP contribution >= 0.6 is 11.3 Å². The molecule has 9 heteroatoms. The Labute approximate surface area is 201 Å². The molecule has 1 aromatic carbocycles. The monoisotopic (exact) mass is 476 g/mol. The Balaban J connectivity index is 1.43. The summed E-state index contributed by atoms with van der Waals surface area (Å²) in [6.07, 6.45) is 6.37. The Bertz CT molecular complexity index is 1230. The Morgan fingerprint density at radius 1 is 1.03 bits per heavy atom. The summed E-state index contributed by atoms with van der Waals surface area (Å²) in [6.45, 7) is 2.22. The fraction of sp³-hybridized carbons (Fsp3) is 0.280. The van der Waals surface area contributed by atoms with Crippen molar-refractivity contribution in [1.82, 2.24) is 25.3 Å². The normalized spacial score (nSPS) is 15.2. The number of anilines is 1. The van der Waals surface area contributed by atoms with Crippen molar-refractivity contribution < 1.29 is 9.50 Å². The van der Waals surface area contributed by atoms with Gasteiger partial charge in [0.1, 0.15) is 5.82 Å². The van der Waals surface area contributed by atoms with Crippen LogP contribution in [0.5, 0.6) is 0 Å². The molecule has 0 amide bonds. The molecule has 1 fully saturated rings. The van der Waals surface area contributed by atoms with E-state index >= 15 is 0 Å². The van der Waals surface area contributed by atoms with Crippen LogP contribution in [0.2, 0.25) is 0 Å². The highest BCUT2D eigenvalue weighted by Gasteiger charge is 2.23. The third-order valence-corrected chi connectivity index (χ3v) is 7.12. The minimum atomic E-state index is -0.708. The number of rotatable bonds is 7. The van der Waals surface area contributed by atoms with Gasteiger partial charge < -0.3 is 15.7 Å². The molecule has 0 radical (unpaired) electrons. The molecule has 0 aliphatic carbocycles. The first-order chi connectivity index (χ1) is 16.7. The van der Waals surface area contributed by atoms with E-state index < -0.39 is 6.10 Å². The summed E-state index contributed by atoms with van der Waals surface area (Å²) in [5.74, 6) is 0.544. The largest absolute Gasteiger partial charge is 0.387 e. The maximum atomic E-state index is 13.6. The van der Waals surface area contributed by atoms with Gasteiger partial charge in [-0.15, -0.1) is 11.3 Å². The van der Waals surface area contributed by atoms with Gasteiger partial charge in [-0.25, -0.2) is 19.3 Å². The number of nitrogens with zero attached hydrogens (tertiary/aromatic N) is 4. The molecule has 0 bridgehead atoms. The van der Waals surface area contributed by atoms with Crippen LogP contribution in [0, 0.1) is 5.82 Å². The summed E-state index contributed by atoms with van der Waals surface area (Å²) in [5, 5.41) is 18.0. The van der Waals surface area contributed by atoms with E-state index in [1.165, 1.54) is 12.1 Å². The molecule has 1 aliphatic heterocycles. The van der Waals surface area contributed by atoms with E-state index in [1.807, 2.05) is 6.07 Å². The third-order valence-electron chi connectivity index (χ3n) is 5.88. The third kappa shape index (κ3) is 5.11. The first kappa shape index (κ1) is 22.5. The fourth-order valence-electron chi connectivity index (χ4n) is 4.02. The average Bonchev–Trinajstić information content (AvgIpc) is 3.34. The maximum Gasteiger partial charge on any atom is 0.223 e. The molecule has 1 atom stereocenters. The highest BCUT2D eigenvalue weighted by atomic mass is 32.1.